The summed E-state index contributed by atoms with van der Waals surface area (Å²) in [4.78, 5) is 25.7. The van der Waals surface area contributed by atoms with Gasteiger partial charge in [0.2, 0.25) is 0 Å². The monoisotopic (exact) mass is 347 g/mol. The molecule has 0 N–H and O–H groups in total. The van der Waals surface area contributed by atoms with Crippen molar-refractivity contribution in [3.8, 4) is 0 Å². The van der Waals surface area contributed by atoms with E-state index in [4.69, 9.17) is 0 Å². The average Bonchev–Trinajstić information content (AvgIpc) is 2.85. The summed E-state index contributed by atoms with van der Waals surface area (Å²) >= 11 is 0. The van der Waals surface area contributed by atoms with Crippen LogP contribution >= 0.6 is 0 Å². The van der Waals surface area contributed by atoms with Crippen molar-refractivity contribution in [3.63, 3.8) is 0 Å². The molecule has 5 heteroatoms. The summed E-state index contributed by atoms with van der Waals surface area (Å²) in [6, 6.07) is 4.19. The van der Waals surface area contributed by atoms with E-state index in [2.05, 4.69) is 50.3 Å². The Morgan fingerprint density at radius 3 is 2.31 bits per heavy atom. The summed E-state index contributed by atoms with van der Waals surface area (Å²) in [5.74, 6) is 0. The number of hydrogen-bond donors (Lipinski definition) is 0. The molecule has 0 saturated heterocycles. The molecule has 5 aliphatic rings. The molecule has 1 aromatic heterocycles. The molecule has 5 nitrogen and oxygen atoms in total. The molecule has 0 unspecified atom stereocenters. The van der Waals surface area contributed by atoms with Crippen LogP contribution in [-0.4, -0.2) is 13.9 Å². The fourth-order valence-electron chi connectivity index (χ4n) is 6.38. The van der Waals surface area contributed by atoms with E-state index in [0.717, 1.165) is 12.8 Å². The summed E-state index contributed by atoms with van der Waals surface area (Å²) in [6.45, 7) is 4.37. The molecule has 0 saturated carbocycles. The number of fused-ring (bicyclic) bond motifs is 1. The second-order valence-corrected chi connectivity index (χ2v) is 8.38. The SMILES string of the molecule is Cc1ccc(C)c2c1CC[C@]13C=C[C@@]21[C@@H]1C=C[C@@H]3n2c(=O)n(C)c(=O)n21. The lowest BCUT2D eigenvalue weighted by atomic mass is 9.40. The van der Waals surface area contributed by atoms with Gasteiger partial charge in [0.15, 0.2) is 0 Å². The Hall–Kier alpha value is -2.56. The Morgan fingerprint density at radius 2 is 1.62 bits per heavy atom. The summed E-state index contributed by atoms with van der Waals surface area (Å²) in [5.41, 5.74) is 4.71. The maximum Gasteiger partial charge on any atom is 0.347 e. The molecule has 132 valence electrons. The first-order valence-corrected chi connectivity index (χ1v) is 9.32. The molecule has 3 heterocycles. The summed E-state index contributed by atoms with van der Waals surface area (Å²) < 4.78 is 4.68. The van der Waals surface area contributed by atoms with Crippen molar-refractivity contribution in [2.45, 2.75) is 44.2 Å². The van der Waals surface area contributed by atoms with Crippen LogP contribution in [0.15, 0.2) is 46.0 Å². The van der Waals surface area contributed by atoms with Gasteiger partial charge in [-0.2, -0.15) is 0 Å². The highest BCUT2D eigenvalue weighted by Crippen LogP contribution is 2.71. The maximum absolute atomic E-state index is 12.9. The van der Waals surface area contributed by atoms with Gasteiger partial charge in [-0.15, -0.1) is 0 Å². The number of aryl methyl sites for hydroxylation is 2. The first kappa shape index (κ1) is 14.6. The zero-order valence-electron chi connectivity index (χ0n) is 15.2. The van der Waals surface area contributed by atoms with Crippen LogP contribution in [0.5, 0.6) is 0 Å². The molecular formula is C21H21N3O2. The molecule has 0 radical (unpaired) electrons. The van der Waals surface area contributed by atoms with Crippen molar-refractivity contribution in [1.82, 2.24) is 13.9 Å². The fourth-order valence-corrected chi connectivity index (χ4v) is 6.38. The number of rotatable bonds is 0. The van der Waals surface area contributed by atoms with E-state index in [9.17, 15) is 9.59 Å². The van der Waals surface area contributed by atoms with Crippen molar-refractivity contribution in [2.75, 3.05) is 0 Å². The third-order valence-corrected chi connectivity index (χ3v) is 7.57. The van der Waals surface area contributed by atoms with Crippen LogP contribution in [0.4, 0.5) is 0 Å². The predicted molar refractivity (Wildman–Crippen MR) is 98.6 cm³/mol. The summed E-state index contributed by atoms with van der Waals surface area (Å²) in [7, 11) is 1.58. The molecule has 0 spiro atoms. The Bertz CT molecular complexity index is 1190. The van der Waals surface area contributed by atoms with Gasteiger partial charge in [-0.25, -0.2) is 23.5 Å². The zero-order valence-corrected chi connectivity index (χ0v) is 15.2. The minimum atomic E-state index is -0.215. The minimum Gasteiger partial charge on any atom is -0.246 e. The van der Waals surface area contributed by atoms with Crippen molar-refractivity contribution in [3.05, 3.63) is 79.7 Å². The second-order valence-electron chi connectivity index (χ2n) is 8.38. The zero-order chi connectivity index (χ0) is 18.0. The standard InChI is InChI=1S/C21H21N3O2/c1-12-4-5-13(2)17-14(12)8-9-20-10-11-21(17,20)16-7-6-15(20)23-18(25)22(3)19(26)24(16)23/h4-7,10-11,15-16H,8-9H2,1-3H3/t15-,16-,20+,21+/m0/s1. The highest BCUT2D eigenvalue weighted by atomic mass is 16.2. The van der Waals surface area contributed by atoms with Crippen LogP contribution in [0.2, 0.25) is 0 Å². The van der Waals surface area contributed by atoms with Crippen molar-refractivity contribution >= 4 is 0 Å². The third kappa shape index (κ3) is 1.17. The van der Waals surface area contributed by atoms with E-state index >= 15 is 0 Å². The Kier molecular flexibility index (Phi) is 2.28. The van der Waals surface area contributed by atoms with Gasteiger partial charge in [-0.1, -0.05) is 36.4 Å². The van der Waals surface area contributed by atoms with E-state index in [0.29, 0.717) is 0 Å². The van der Waals surface area contributed by atoms with Gasteiger partial charge in [-0.05, 0) is 48.9 Å². The smallest absolute Gasteiger partial charge is 0.246 e. The largest absolute Gasteiger partial charge is 0.347 e. The molecule has 26 heavy (non-hydrogen) atoms. The Morgan fingerprint density at radius 1 is 0.962 bits per heavy atom. The van der Waals surface area contributed by atoms with Gasteiger partial charge in [0.1, 0.15) is 0 Å². The van der Waals surface area contributed by atoms with E-state index < -0.39 is 0 Å². The molecule has 2 aromatic rings. The lowest BCUT2D eigenvalue weighted by Gasteiger charge is -2.67. The molecule has 2 aliphatic heterocycles. The van der Waals surface area contributed by atoms with Gasteiger partial charge in [-0.3, -0.25) is 0 Å². The Balaban J connectivity index is 1.78. The fraction of sp³-hybridized carbons (Fsp3) is 0.429. The highest BCUT2D eigenvalue weighted by molar-refractivity contribution is 5.60. The summed E-state index contributed by atoms with van der Waals surface area (Å²) in [5, 5.41) is 0. The quantitative estimate of drug-likeness (QED) is 0.685. The number of hydrogen-bond acceptors (Lipinski definition) is 2. The van der Waals surface area contributed by atoms with Gasteiger partial charge in [0.25, 0.3) is 0 Å². The number of nitrogens with zero attached hydrogens (tertiary/aromatic N) is 3. The average molecular weight is 347 g/mol. The van der Waals surface area contributed by atoms with Crippen LogP contribution in [0.25, 0.3) is 0 Å². The first-order valence-electron chi connectivity index (χ1n) is 9.32. The van der Waals surface area contributed by atoms with Gasteiger partial charge >= 0.3 is 11.4 Å². The third-order valence-electron chi connectivity index (χ3n) is 7.57. The van der Waals surface area contributed by atoms with E-state index in [-0.39, 0.29) is 34.3 Å². The maximum atomic E-state index is 12.9. The molecule has 1 aromatic carbocycles. The molecule has 0 amide bonds. The summed E-state index contributed by atoms with van der Waals surface area (Å²) in [6.07, 6.45) is 11.0. The second kappa shape index (κ2) is 4.05. The van der Waals surface area contributed by atoms with Crippen molar-refractivity contribution < 1.29 is 0 Å². The van der Waals surface area contributed by atoms with Gasteiger partial charge in [0.05, 0.1) is 17.5 Å². The van der Waals surface area contributed by atoms with Crippen LogP contribution in [-0.2, 0) is 18.9 Å². The molecular weight excluding hydrogens is 326 g/mol. The molecule has 4 atom stereocenters. The molecule has 7 rings (SSSR count). The molecule has 3 aliphatic carbocycles. The van der Waals surface area contributed by atoms with E-state index in [1.54, 1.807) is 16.4 Å². The lowest BCUT2D eigenvalue weighted by molar-refractivity contribution is -0.00767. The van der Waals surface area contributed by atoms with Crippen LogP contribution in [0.3, 0.4) is 0 Å². The van der Waals surface area contributed by atoms with E-state index in [1.165, 1.54) is 26.8 Å². The first-order chi connectivity index (χ1) is 12.4. The molecule has 0 fully saturated rings. The number of benzene rings is 1. The van der Waals surface area contributed by atoms with Crippen LogP contribution < -0.4 is 11.4 Å². The topological polar surface area (TPSA) is 48.9 Å². The Labute approximate surface area is 150 Å². The lowest BCUT2D eigenvalue weighted by Crippen LogP contribution is -2.68. The minimum absolute atomic E-state index is 0.0908. The number of allylic oxidation sites excluding steroid dienone is 4. The van der Waals surface area contributed by atoms with E-state index in [1.807, 2.05) is 0 Å². The van der Waals surface area contributed by atoms with Crippen LogP contribution in [0, 0.1) is 19.3 Å². The number of aromatic nitrogens is 3. The van der Waals surface area contributed by atoms with Crippen molar-refractivity contribution in [2.24, 2.45) is 12.5 Å². The van der Waals surface area contributed by atoms with Crippen LogP contribution in [0.1, 0.15) is 40.8 Å². The van der Waals surface area contributed by atoms with Crippen molar-refractivity contribution in [1.29, 1.82) is 0 Å². The molecule has 2 bridgehead atoms. The van der Waals surface area contributed by atoms with Gasteiger partial charge in [0, 0.05) is 12.5 Å². The van der Waals surface area contributed by atoms with Gasteiger partial charge < -0.3 is 0 Å². The normalized spacial score (nSPS) is 34.7. The predicted octanol–water partition coefficient (Wildman–Crippen LogP) is 2.07. The highest BCUT2D eigenvalue weighted by Gasteiger charge is 2.70.